The van der Waals surface area contributed by atoms with E-state index >= 15 is 0 Å². The molecule has 2 heterocycles. The highest BCUT2D eigenvalue weighted by Gasteiger charge is 2.36. The molecule has 1 unspecified atom stereocenters. The van der Waals surface area contributed by atoms with E-state index < -0.39 is 5.91 Å². The minimum absolute atomic E-state index is 0.161. The summed E-state index contributed by atoms with van der Waals surface area (Å²) < 4.78 is 5.63. The number of nitriles is 1. The summed E-state index contributed by atoms with van der Waals surface area (Å²) in [5, 5.41) is 11.7. The van der Waals surface area contributed by atoms with Gasteiger partial charge in [-0.25, -0.2) is 4.99 Å². The number of carbonyl (C=O) groups excluding carboxylic acids is 1. The zero-order valence-corrected chi connectivity index (χ0v) is 15.5. The van der Waals surface area contributed by atoms with Crippen molar-refractivity contribution >= 4 is 51.8 Å². The van der Waals surface area contributed by atoms with Gasteiger partial charge in [0.2, 0.25) is 0 Å². The smallest absolute Gasteiger partial charge is 0.288 e. The Bertz CT molecular complexity index is 1060. The summed E-state index contributed by atoms with van der Waals surface area (Å²) in [4.78, 5) is 17.4. The molecule has 3 aliphatic rings. The molecule has 0 radical (unpaired) electrons. The average Bonchev–Trinajstić information content (AvgIpc) is 3.34. The Morgan fingerprint density at radius 2 is 2.23 bits per heavy atom. The zero-order chi connectivity index (χ0) is 17.7. The predicted molar refractivity (Wildman–Crippen MR) is 105 cm³/mol. The van der Waals surface area contributed by atoms with Crippen LogP contribution in [0.2, 0.25) is 0 Å². The fourth-order valence-electron chi connectivity index (χ4n) is 3.78. The number of hydrogen-bond donors (Lipinski definition) is 0. The molecule has 0 spiro atoms. The number of benzene rings is 2. The van der Waals surface area contributed by atoms with Crippen molar-refractivity contribution in [2.75, 3.05) is 11.5 Å². The first-order valence-electron chi connectivity index (χ1n) is 8.53. The second-order valence-corrected chi connectivity index (χ2v) is 8.41. The molecule has 2 aromatic carbocycles. The van der Waals surface area contributed by atoms with Crippen molar-refractivity contribution < 1.29 is 8.98 Å². The summed E-state index contributed by atoms with van der Waals surface area (Å²) in [5.74, 6) is 1.68. The molecule has 26 heavy (non-hydrogen) atoms. The van der Waals surface area contributed by atoms with Gasteiger partial charge in [-0.2, -0.15) is 5.26 Å². The number of allylic oxidation sites excluding steroid dienone is 1. The van der Waals surface area contributed by atoms with Gasteiger partial charge in [0.05, 0.1) is 11.8 Å². The predicted octanol–water partition coefficient (Wildman–Crippen LogP) is 4.38. The molecule has 1 fully saturated rings. The first-order valence-corrected chi connectivity index (χ1v) is 10.4. The van der Waals surface area contributed by atoms with E-state index in [0.717, 1.165) is 40.9 Å². The highest BCUT2D eigenvalue weighted by molar-refractivity contribution is 7.99. The summed E-state index contributed by atoms with van der Waals surface area (Å²) in [6, 6.07) is 12.3. The maximum Gasteiger partial charge on any atom is 0.288 e. The van der Waals surface area contributed by atoms with Crippen molar-refractivity contribution in [3.8, 4) is 6.07 Å². The number of aliphatic imine (C=N–C) groups is 1. The van der Waals surface area contributed by atoms with E-state index in [1.807, 2.05) is 36.0 Å². The fourth-order valence-corrected chi connectivity index (χ4v) is 5.71. The second kappa shape index (κ2) is 6.27. The maximum atomic E-state index is 12.0. The van der Waals surface area contributed by atoms with E-state index in [9.17, 15) is 10.1 Å². The zero-order valence-electron chi connectivity index (χ0n) is 13.8. The second-order valence-electron chi connectivity index (χ2n) is 6.43. The third-order valence-electron chi connectivity index (χ3n) is 4.98. The van der Waals surface area contributed by atoms with Gasteiger partial charge in [0.1, 0.15) is 11.6 Å². The molecular weight excluding hydrogens is 364 g/mol. The molecular formula is C20H14N2O2S2. The van der Waals surface area contributed by atoms with Crippen LogP contribution in [-0.2, 0) is 8.98 Å². The molecule has 6 heteroatoms. The molecule has 4 nitrogen and oxygen atoms in total. The summed E-state index contributed by atoms with van der Waals surface area (Å²) in [6.45, 7) is 0. The van der Waals surface area contributed by atoms with E-state index in [2.05, 4.69) is 17.1 Å². The van der Waals surface area contributed by atoms with Crippen molar-refractivity contribution in [1.29, 1.82) is 5.26 Å². The van der Waals surface area contributed by atoms with Crippen LogP contribution in [0.4, 0.5) is 0 Å². The molecule has 1 aliphatic carbocycles. The number of rotatable bonds is 4. The van der Waals surface area contributed by atoms with Crippen molar-refractivity contribution in [3.05, 3.63) is 47.0 Å². The SMILES string of the molecule is N#CC1=C2C(=NC1=O)c1cccc3c(SCCC4CCSO4)ccc2c13. The van der Waals surface area contributed by atoms with E-state index in [1.54, 1.807) is 12.0 Å². The standard InChI is InChI=1S/C20H14N2O2S2/c21-10-15-18-13-4-5-16(25-8-6-11-7-9-26-24-11)12-2-1-3-14(17(12)13)19(18)22-20(15)23/h1-5,11H,6-9H2. The van der Waals surface area contributed by atoms with Gasteiger partial charge in [-0.15, -0.1) is 11.8 Å². The topological polar surface area (TPSA) is 62.5 Å². The third kappa shape index (κ3) is 2.35. The molecule has 0 aromatic heterocycles. The molecule has 0 bridgehead atoms. The van der Waals surface area contributed by atoms with Gasteiger partial charge < -0.3 is 4.18 Å². The van der Waals surface area contributed by atoms with Gasteiger partial charge in [0.25, 0.3) is 5.91 Å². The first-order chi connectivity index (χ1) is 12.8. The summed E-state index contributed by atoms with van der Waals surface area (Å²) in [5.41, 5.74) is 3.44. The number of hydrogen-bond acceptors (Lipinski definition) is 5. The van der Waals surface area contributed by atoms with Crippen molar-refractivity contribution in [2.45, 2.75) is 23.8 Å². The van der Waals surface area contributed by atoms with Crippen LogP contribution in [0.15, 0.2) is 45.8 Å². The molecule has 0 N–H and O–H groups in total. The number of amides is 1. The molecule has 1 saturated heterocycles. The Balaban J connectivity index is 1.54. The van der Waals surface area contributed by atoms with Crippen LogP contribution < -0.4 is 0 Å². The lowest BCUT2D eigenvalue weighted by molar-refractivity contribution is -0.113. The Hall–Kier alpha value is -2.07. The van der Waals surface area contributed by atoms with E-state index in [4.69, 9.17) is 4.18 Å². The van der Waals surface area contributed by atoms with Crippen molar-refractivity contribution in [3.63, 3.8) is 0 Å². The number of fused-ring (bicyclic) bond motifs is 3. The van der Waals surface area contributed by atoms with Crippen LogP contribution in [0.25, 0.3) is 16.3 Å². The van der Waals surface area contributed by atoms with Crippen LogP contribution in [-0.4, -0.2) is 29.2 Å². The molecule has 0 saturated carbocycles. The van der Waals surface area contributed by atoms with Gasteiger partial charge in [0.15, 0.2) is 0 Å². The Morgan fingerprint density at radius 1 is 1.31 bits per heavy atom. The summed E-state index contributed by atoms with van der Waals surface area (Å²) in [7, 11) is 0. The Morgan fingerprint density at radius 3 is 3.04 bits per heavy atom. The molecule has 5 rings (SSSR count). The maximum absolute atomic E-state index is 12.0. The minimum Gasteiger partial charge on any atom is -0.312 e. The van der Waals surface area contributed by atoms with Gasteiger partial charge in [-0.05, 0) is 41.9 Å². The lowest BCUT2D eigenvalue weighted by Crippen LogP contribution is -2.04. The van der Waals surface area contributed by atoms with E-state index in [1.165, 1.54) is 10.3 Å². The van der Waals surface area contributed by atoms with Gasteiger partial charge in [-0.3, -0.25) is 4.79 Å². The quantitative estimate of drug-likeness (QED) is 0.584. The normalized spacial score (nSPS) is 20.7. The van der Waals surface area contributed by atoms with E-state index in [0.29, 0.717) is 17.4 Å². The van der Waals surface area contributed by atoms with Crippen LogP contribution in [0, 0.1) is 11.3 Å². The summed E-state index contributed by atoms with van der Waals surface area (Å²) >= 11 is 3.41. The van der Waals surface area contributed by atoms with Crippen LogP contribution in [0.5, 0.6) is 0 Å². The number of nitrogens with zero attached hydrogens (tertiary/aromatic N) is 2. The highest BCUT2D eigenvalue weighted by Crippen LogP contribution is 2.45. The Labute approximate surface area is 159 Å². The Kier molecular flexibility index (Phi) is 3.89. The summed E-state index contributed by atoms with van der Waals surface area (Å²) in [6.07, 6.45) is 2.55. The highest BCUT2D eigenvalue weighted by atomic mass is 32.2. The van der Waals surface area contributed by atoms with Crippen molar-refractivity contribution in [1.82, 2.24) is 0 Å². The molecule has 1 amide bonds. The molecule has 128 valence electrons. The first kappa shape index (κ1) is 16.1. The van der Waals surface area contributed by atoms with E-state index in [-0.39, 0.29) is 5.57 Å². The number of thioether (sulfide) groups is 1. The molecule has 1 atom stereocenters. The monoisotopic (exact) mass is 378 g/mol. The van der Waals surface area contributed by atoms with Crippen LogP contribution >= 0.6 is 23.8 Å². The van der Waals surface area contributed by atoms with Crippen LogP contribution in [0.3, 0.4) is 0 Å². The lowest BCUT2D eigenvalue weighted by atomic mass is 10.0. The number of carbonyl (C=O) groups is 1. The van der Waals surface area contributed by atoms with Crippen molar-refractivity contribution in [2.24, 2.45) is 4.99 Å². The van der Waals surface area contributed by atoms with Gasteiger partial charge in [0, 0.05) is 32.9 Å². The van der Waals surface area contributed by atoms with Gasteiger partial charge >= 0.3 is 0 Å². The largest absolute Gasteiger partial charge is 0.312 e. The van der Waals surface area contributed by atoms with Crippen LogP contribution in [0.1, 0.15) is 24.0 Å². The molecule has 2 aliphatic heterocycles. The average molecular weight is 378 g/mol. The fraction of sp³-hybridized carbons (Fsp3) is 0.250. The molecule has 2 aromatic rings. The third-order valence-corrected chi connectivity index (χ3v) is 6.89. The van der Waals surface area contributed by atoms with Gasteiger partial charge in [-0.1, -0.05) is 24.3 Å². The lowest BCUT2D eigenvalue weighted by Gasteiger charge is -2.10. The minimum atomic E-state index is -0.423.